The van der Waals surface area contributed by atoms with Crippen LogP contribution in [0.25, 0.3) is 34.3 Å². The van der Waals surface area contributed by atoms with Gasteiger partial charge in [0.05, 0.1) is 22.5 Å². The zero-order valence-electron chi connectivity index (χ0n) is 18.3. The number of hydrogen-bond acceptors (Lipinski definition) is 9. The van der Waals surface area contributed by atoms with Crippen LogP contribution in [-0.4, -0.2) is 41.4 Å². The quantitative estimate of drug-likeness (QED) is 0.402. The molecular formula is C23H24N6O3S. The summed E-state index contributed by atoms with van der Waals surface area (Å²) in [5, 5.41) is 11.3. The van der Waals surface area contributed by atoms with Gasteiger partial charge in [0.1, 0.15) is 0 Å². The zero-order valence-corrected chi connectivity index (χ0v) is 19.1. The molecule has 2 heterocycles. The summed E-state index contributed by atoms with van der Waals surface area (Å²) in [7, 11) is -1.40. The first-order chi connectivity index (χ1) is 15.9. The average Bonchev–Trinajstić information content (AvgIpc) is 3.30. The van der Waals surface area contributed by atoms with Crippen molar-refractivity contribution in [1.82, 2.24) is 25.5 Å². The second-order valence-corrected chi connectivity index (χ2v) is 9.58. The molecule has 0 unspecified atom stereocenters. The SMILES string of the molecule is CCCS(=O)(=O)c1ccc(-c2cnc(N)c(-c3nnc(-c4ccc(CNC)cc4)o3)n2)cc1. The molecule has 0 aliphatic heterocycles. The molecule has 10 heteroatoms. The van der Waals surface area contributed by atoms with Gasteiger partial charge in [-0.15, -0.1) is 10.2 Å². The lowest BCUT2D eigenvalue weighted by atomic mass is 10.1. The lowest BCUT2D eigenvalue weighted by Crippen LogP contribution is -2.05. The smallest absolute Gasteiger partial charge is 0.270 e. The molecule has 0 radical (unpaired) electrons. The molecule has 0 atom stereocenters. The van der Waals surface area contributed by atoms with Gasteiger partial charge in [0, 0.05) is 17.7 Å². The Bertz CT molecular complexity index is 1350. The van der Waals surface area contributed by atoms with Crippen molar-refractivity contribution in [1.29, 1.82) is 0 Å². The van der Waals surface area contributed by atoms with Gasteiger partial charge in [-0.25, -0.2) is 18.4 Å². The summed E-state index contributed by atoms with van der Waals surface area (Å²) in [5.74, 6) is 0.757. The van der Waals surface area contributed by atoms with Crippen molar-refractivity contribution in [3.05, 3.63) is 60.3 Å². The number of rotatable bonds is 8. The number of nitrogens with zero attached hydrogens (tertiary/aromatic N) is 4. The predicted molar refractivity (Wildman–Crippen MR) is 126 cm³/mol. The number of anilines is 1. The number of hydrogen-bond donors (Lipinski definition) is 2. The fraction of sp³-hybridized carbons (Fsp3) is 0.217. The van der Waals surface area contributed by atoms with Gasteiger partial charge in [-0.3, -0.25) is 0 Å². The van der Waals surface area contributed by atoms with Crippen LogP contribution in [0.3, 0.4) is 0 Å². The van der Waals surface area contributed by atoms with Crippen molar-refractivity contribution < 1.29 is 12.8 Å². The summed E-state index contributed by atoms with van der Waals surface area (Å²) in [6, 6.07) is 14.3. The molecule has 0 spiro atoms. The molecule has 33 heavy (non-hydrogen) atoms. The fourth-order valence-electron chi connectivity index (χ4n) is 3.32. The van der Waals surface area contributed by atoms with Gasteiger partial charge in [0.25, 0.3) is 5.89 Å². The molecule has 0 saturated carbocycles. The van der Waals surface area contributed by atoms with Gasteiger partial charge in [-0.05, 0) is 43.3 Å². The lowest BCUT2D eigenvalue weighted by molar-refractivity contribution is 0.582. The van der Waals surface area contributed by atoms with Gasteiger partial charge in [0.15, 0.2) is 21.3 Å². The highest BCUT2D eigenvalue weighted by molar-refractivity contribution is 7.91. The molecule has 0 bridgehead atoms. The van der Waals surface area contributed by atoms with Crippen LogP contribution in [0.2, 0.25) is 0 Å². The van der Waals surface area contributed by atoms with E-state index in [4.69, 9.17) is 10.2 Å². The Balaban J connectivity index is 1.62. The summed E-state index contributed by atoms with van der Waals surface area (Å²) in [4.78, 5) is 9.03. The highest BCUT2D eigenvalue weighted by Gasteiger charge is 2.18. The number of benzene rings is 2. The Morgan fingerprint density at radius 3 is 2.30 bits per heavy atom. The van der Waals surface area contributed by atoms with Gasteiger partial charge < -0.3 is 15.5 Å². The maximum atomic E-state index is 12.3. The number of sulfone groups is 1. The molecule has 0 aliphatic rings. The minimum atomic E-state index is -3.29. The predicted octanol–water partition coefficient (Wildman–Crippen LogP) is 3.35. The van der Waals surface area contributed by atoms with Gasteiger partial charge in [0.2, 0.25) is 5.89 Å². The van der Waals surface area contributed by atoms with E-state index in [0.717, 1.165) is 17.7 Å². The number of aromatic nitrogens is 4. The molecule has 2 aromatic carbocycles. The maximum Gasteiger partial charge on any atom is 0.270 e. The van der Waals surface area contributed by atoms with E-state index in [1.54, 1.807) is 24.3 Å². The van der Waals surface area contributed by atoms with E-state index in [1.165, 1.54) is 6.20 Å². The maximum absolute atomic E-state index is 12.3. The van der Waals surface area contributed by atoms with Crippen LogP contribution >= 0.6 is 0 Å². The van der Waals surface area contributed by atoms with Crippen molar-refractivity contribution in [2.45, 2.75) is 24.8 Å². The Morgan fingerprint density at radius 1 is 0.970 bits per heavy atom. The third kappa shape index (κ3) is 4.91. The lowest BCUT2D eigenvalue weighted by Gasteiger charge is -2.06. The summed E-state index contributed by atoms with van der Waals surface area (Å²) < 4.78 is 30.3. The van der Waals surface area contributed by atoms with Gasteiger partial charge in [-0.2, -0.15) is 0 Å². The molecule has 3 N–H and O–H groups in total. The first-order valence-corrected chi connectivity index (χ1v) is 12.1. The first-order valence-electron chi connectivity index (χ1n) is 10.4. The number of nitrogens with one attached hydrogen (secondary N) is 1. The summed E-state index contributed by atoms with van der Waals surface area (Å²) >= 11 is 0. The van der Waals surface area contributed by atoms with Crippen molar-refractivity contribution in [3.63, 3.8) is 0 Å². The molecule has 0 amide bonds. The molecule has 9 nitrogen and oxygen atoms in total. The largest absolute Gasteiger partial charge is 0.414 e. The van der Waals surface area contributed by atoms with E-state index in [1.807, 2.05) is 38.2 Å². The van der Waals surface area contributed by atoms with Gasteiger partial charge in [-0.1, -0.05) is 31.2 Å². The van der Waals surface area contributed by atoms with E-state index in [0.29, 0.717) is 23.6 Å². The number of nitrogen functional groups attached to an aromatic ring is 1. The van der Waals surface area contributed by atoms with Crippen molar-refractivity contribution in [2.75, 3.05) is 18.5 Å². The highest BCUT2D eigenvalue weighted by Crippen LogP contribution is 2.28. The fourth-order valence-corrected chi connectivity index (χ4v) is 4.64. The zero-order chi connectivity index (χ0) is 23.4. The standard InChI is InChI=1S/C23H24N6O3S/c1-3-12-33(30,31)18-10-8-16(9-11-18)19-14-26-21(24)20(27-19)23-29-28-22(32-23)17-6-4-15(5-7-17)13-25-2/h4-11,14,25H,3,12-13H2,1-2H3,(H2,24,26). The molecule has 0 fully saturated rings. The van der Waals surface area contributed by atoms with Crippen molar-refractivity contribution in [3.8, 4) is 34.3 Å². The summed E-state index contributed by atoms with van der Waals surface area (Å²) in [5.41, 5.74) is 9.41. The van der Waals surface area contributed by atoms with Crippen LogP contribution in [-0.2, 0) is 16.4 Å². The molecule has 170 valence electrons. The van der Waals surface area contributed by atoms with Crippen LogP contribution in [0.5, 0.6) is 0 Å². The van der Waals surface area contributed by atoms with Gasteiger partial charge >= 0.3 is 0 Å². The van der Waals surface area contributed by atoms with Crippen molar-refractivity contribution >= 4 is 15.7 Å². The normalized spacial score (nSPS) is 11.6. The molecule has 0 aliphatic carbocycles. The van der Waals surface area contributed by atoms with E-state index in [9.17, 15) is 8.42 Å². The third-order valence-electron chi connectivity index (χ3n) is 4.99. The topological polar surface area (TPSA) is 137 Å². The monoisotopic (exact) mass is 464 g/mol. The third-order valence-corrected chi connectivity index (χ3v) is 6.93. The average molecular weight is 465 g/mol. The van der Waals surface area contributed by atoms with Crippen LogP contribution in [0.15, 0.2) is 64.0 Å². The van der Waals surface area contributed by atoms with E-state index in [-0.39, 0.29) is 28.1 Å². The second kappa shape index (κ2) is 9.47. The highest BCUT2D eigenvalue weighted by atomic mass is 32.2. The Labute approximate surface area is 192 Å². The molecule has 0 saturated heterocycles. The van der Waals surface area contributed by atoms with Crippen LogP contribution < -0.4 is 11.1 Å². The minimum absolute atomic E-state index is 0.107. The number of nitrogens with two attached hydrogens (primary N) is 1. The van der Waals surface area contributed by atoms with E-state index < -0.39 is 9.84 Å². The molecule has 2 aromatic heterocycles. The van der Waals surface area contributed by atoms with Crippen LogP contribution in [0, 0.1) is 0 Å². The van der Waals surface area contributed by atoms with Crippen molar-refractivity contribution in [2.24, 2.45) is 0 Å². The molecule has 4 rings (SSSR count). The van der Waals surface area contributed by atoms with Crippen LogP contribution in [0.4, 0.5) is 5.82 Å². The summed E-state index contributed by atoms with van der Waals surface area (Å²) in [6.07, 6.45) is 2.08. The molecular weight excluding hydrogens is 440 g/mol. The van der Waals surface area contributed by atoms with E-state index >= 15 is 0 Å². The Hall–Kier alpha value is -3.63. The summed E-state index contributed by atoms with van der Waals surface area (Å²) in [6.45, 7) is 2.60. The van der Waals surface area contributed by atoms with Crippen LogP contribution in [0.1, 0.15) is 18.9 Å². The Morgan fingerprint density at radius 2 is 1.64 bits per heavy atom. The first kappa shape index (κ1) is 22.6. The minimum Gasteiger partial charge on any atom is -0.414 e. The second-order valence-electron chi connectivity index (χ2n) is 7.47. The Kier molecular flexibility index (Phi) is 6.47. The van der Waals surface area contributed by atoms with E-state index in [2.05, 4.69) is 25.5 Å². The molecule has 4 aromatic rings.